The zero-order valence-corrected chi connectivity index (χ0v) is 11.1. The number of alkyl halides is 3. The van der Waals surface area contributed by atoms with Crippen molar-refractivity contribution in [2.24, 2.45) is 0 Å². The van der Waals surface area contributed by atoms with Gasteiger partial charge in [-0.25, -0.2) is 0 Å². The van der Waals surface area contributed by atoms with Gasteiger partial charge in [0.1, 0.15) is 0 Å². The van der Waals surface area contributed by atoms with Gasteiger partial charge in [-0.2, -0.15) is 13.2 Å². The molecule has 1 fully saturated rings. The fourth-order valence-electron chi connectivity index (χ4n) is 2.13. The topological polar surface area (TPSA) is 42.4 Å². The third-order valence-corrected chi connectivity index (χ3v) is 3.19. The Bertz CT molecular complexity index is 485. The maximum Gasteiger partial charge on any atom is 0.417 e. The van der Waals surface area contributed by atoms with E-state index in [4.69, 9.17) is 4.74 Å². The zero-order valence-electron chi connectivity index (χ0n) is 11.1. The Morgan fingerprint density at radius 1 is 1.45 bits per heavy atom. The van der Waals surface area contributed by atoms with Gasteiger partial charge in [0.25, 0.3) is 0 Å². The van der Waals surface area contributed by atoms with Crippen LogP contribution in [-0.2, 0) is 15.7 Å². The van der Waals surface area contributed by atoms with Crippen LogP contribution < -0.4 is 0 Å². The number of aromatic nitrogens is 1. The van der Waals surface area contributed by atoms with Crippen molar-refractivity contribution < 1.29 is 22.7 Å². The van der Waals surface area contributed by atoms with E-state index in [-0.39, 0.29) is 6.61 Å². The van der Waals surface area contributed by atoms with E-state index in [1.807, 2.05) is 13.8 Å². The van der Waals surface area contributed by atoms with Crippen LogP contribution in [0.25, 0.3) is 0 Å². The summed E-state index contributed by atoms with van der Waals surface area (Å²) in [4.78, 5) is 16.4. The van der Waals surface area contributed by atoms with Gasteiger partial charge in [0.15, 0.2) is 0 Å². The molecule has 7 heteroatoms. The maximum atomic E-state index is 12.5. The van der Waals surface area contributed by atoms with Crippen LogP contribution in [0.5, 0.6) is 0 Å². The summed E-state index contributed by atoms with van der Waals surface area (Å²) in [7, 11) is 0. The smallest absolute Gasteiger partial charge is 0.371 e. The molecule has 2 heterocycles. The molecule has 0 unspecified atom stereocenters. The molecule has 0 spiro atoms. The molecule has 1 aliphatic heterocycles. The van der Waals surface area contributed by atoms with Crippen molar-refractivity contribution in [1.82, 2.24) is 9.88 Å². The molecule has 0 saturated carbocycles. The lowest BCUT2D eigenvalue weighted by molar-refractivity contribution is -0.145. The number of pyridine rings is 1. The van der Waals surface area contributed by atoms with Crippen LogP contribution in [-0.4, -0.2) is 35.0 Å². The molecular weight excluding hydrogens is 273 g/mol. The van der Waals surface area contributed by atoms with E-state index in [1.54, 1.807) is 0 Å². The molecule has 1 saturated heterocycles. The molecule has 1 aromatic heterocycles. The molecule has 1 atom stereocenters. The molecule has 2 rings (SSSR count). The van der Waals surface area contributed by atoms with Crippen LogP contribution in [0.1, 0.15) is 31.1 Å². The minimum Gasteiger partial charge on any atom is -0.371 e. The van der Waals surface area contributed by atoms with E-state index in [0.29, 0.717) is 18.6 Å². The number of nitrogens with zero attached hydrogens (tertiary/aromatic N) is 2. The third kappa shape index (κ3) is 3.09. The predicted octanol–water partition coefficient (Wildman–Crippen LogP) is 2.41. The minimum atomic E-state index is -4.42. The number of carbonyl (C=O) groups is 1. The van der Waals surface area contributed by atoms with E-state index in [1.165, 1.54) is 11.0 Å². The number of rotatable bonds is 2. The van der Waals surface area contributed by atoms with Gasteiger partial charge in [-0.05, 0) is 26.0 Å². The van der Waals surface area contributed by atoms with Crippen LogP contribution in [0.3, 0.4) is 0 Å². The van der Waals surface area contributed by atoms with Crippen molar-refractivity contribution in [1.29, 1.82) is 0 Å². The van der Waals surface area contributed by atoms with Crippen molar-refractivity contribution in [3.05, 3.63) is 29.6 Å². The number of morpholine rings is 1. The molecule has 110 valence electrons. The summed E-state index contributed by atoms with van der Waals surface area (Å²) in [6.45, 7) is 4.27. The maximum absolute atomic E-state index is 12.5. The van der Waals surface area contributed by atoms with Crippen LogP contribution in [0, 0.1) is 0 Å². The Morgan fingerprint density at radius 3 is 2.65 bits per heavy atom. The highest BCUT2D eigenvalue weighted by Crippen LogP contribution is 2.31. The second-order valence-electron chi connectivity index (χ2n) is 5.33. The molecule has 0 N–H and O–H groups in total. The lowest BCUT2D eigenvalue weighted by Gasteiger charge is -2.41. The van der Waals surface area contributed by atoms with Crippen LogP contribution >= 0.6 is 0 Å². The van der Waals surface area contributed by atoms with E-state index in [0.717, 1.165) is 12.3 Å². The first-order chi connectivity index (χ1) is 9.23. The van der Waals surface area contributed by atoms with Gasteiger partial charge in [-0.15, -0.1) is 0 Å². The lowest BCUT2D eigenvalue weighted by atomic mass is 10.0. The van der Waals surface area contributed by atoms with Crippen molar-refractivity contribution in [3.63, 3.8) is 0 Å². The van der Waals surface area contributed by atoms with Crippen molar-refractivity contribution >= 4 is 6.41 Å². The zero-order chi connectivity index (χ0) is 15.0. The summed E-state index contributed by atoms with van der Waals surface area (Å²) in [5.74, 6) is 0. The molecule has 1 aliphatic rings. The third-order valence-electron chi connectivity index (χ3n) is 3.19. The van der Waals surface area contributed by atoms with Gasteiger partial charge < -0.3 is 9.64 Å². The summed E-state index contributed by atoms with van der Waals surface area (Å²) in [5, 5.41) is 0. The summed E-state index contributed by atoms with van der Waals surface area (Å²) >= 11 is 0. The fourth-order valence-corrected chi connectivity index (χ4v) is 2.13. The molecule has 0 bridgehead atoms. The highest BCUT2D eigenvalue weighted by Gasteiger charge is 2.35. The summed E-state index contributed by atoms with van der Waals surface area (Å²) in [5.41, 5.74) is -0.889. The number of halogens is 3. The minimum absolute atomic E-state index is 0.212. The van der Waals surface area contributed by atoms with Crippen molar-refractivity contribution in [2.75, 3.05) is 13.2 Å². The van der Waals surface area contributed by atoms with Gasteiger partial charge in [-0.1, -0.05) is 0 Å². The second-order valence-corrected chi connectivity index (χ2v) is 5.33. The van der Waals surface area contributed by atoms with E-state index < -0.39 is 23.4 Å². The van der Waals surface area contributed by atoms with Gasteiger partial charge in [0.05, 0.1) is 29.5 Å². The molecule has 0 aliphatic carbocycles. The highest BCUT2D eigenvalue weighted by molar-refractivity contribution is 5.49. The number of amides is 1. The molecule has 0 radical (unpaired) electrons. The van der Waals surface area contributed by atoms with Crippen LogP contribution in [0.4, 0.5) is 13.2 Å². The average molecular weight is 288 g/mol. The molecule has 20 heavy (non-hydrogen) atoms. The monoisotopic (exact) mass is 288 g/mol. The molecule has 1 amide bonds. The largest absolute Gasteiger partial charge is 0.417 e. The van der Waals surface area contributed by atoms with Gasteiger partial charge in [-0.3, -0.25) is 9.78 Å². The molecule has 4 nitrogen and oxygen atoms in total. The predicted molar refractivity (Wildman–Crippen MR) is 64.8 cm³/mol. The normalized spacial score (nSPS) is 22.6. The van der Waals surface area contributed by atoms with Crippen molar-refractivity contribution in [3.8, 4) is 0 Å². The summed E-state index contributed by atoms with van der Waals surface area (Å²) in [6.07, 6.45) is -2.96. The van der Waals surface area contributed by atoms with E-state index >= 15 is 0 Å². The number of carbonyl (C=O) groups excluding carboxylic acids is 1. The molecule has 0 aromatic carbocycles. The molecule has 1 aromatic rings. The Balaban J connectivity index is 2.21. The van der Waals surface area contributed by atoms with Crippen molar-refractivity contribution in [2.45, 2.75) is 31.7 Å². The van der Waals surface area contributed by atoms with E-state index in [9.17, 15) is 18.0 Å². The Labute approximate surface area is 114 Å². The highest BCUT2D eigenvalue weighted by atomic mass is 19.4. The first kappa shape index (κ1) is 14.8. The Hall–Kier alpha value is -1.63. The van der Waals surface area contributed by atoms with Crippen LogP contribution in [0.2, 0.25) is 0 Å². The van der Waals surface area contributed by atoms with E-state index in [2.05, 4.69) is 4.98 Å². The first-order valence-corrected chi connectivity index (χ1v) is 6.11. The Kier molecular flexibility index (Phi) is 3.73. The summed E-state index contributed by atoms with van der Waals surface area (Å²) in [6, 6.07) is 1.79. The standard InChI is InChI=1S/C13H15F3N2O2/c1-12(2)7-18(8-19)11(6-20-12)10-4-3-9(5-17-10)13(14,15)16/h3-5,8,11H,6-7H2,1-2H3/t11-/m1/s1. The van der Waals surface area contributed by atoms with Gasteiger partial charge >= 0.3 is 6.18 Å². The number of hydrogen-bond acceptors (Lipinski definition) is 3. The Morgan fingerprint density at radius 2 is 2.15 bits per heavy atom. The SMILES string of the molecule is CC1(C)CN(C=O)[C@@H](c2ccc(C(F)(F)F)cn2)CO1. The van der Waals surface area contributed by atoms with Gasteiger partial charge in [0.2, 0.25) is 6.41 Å². The average Bonchev–Trinajstić information content (AvgIpc) is 2.37. The quantitative estimate of drug-likeness (QED) is 0.785. The molecular formula is C13H15F3N2O2. The summed E-state index contributed by atoms with van der Waals surface area (Å²) < 4.78 is 43.0. The fraction of sp³-hybridized carbons (Fsp3) is 0.538. The van der Waals surface area contributed by atoms with Crippen LogP contribution in [0.15, 0.2) is 18.3 Å². The number of ether oxygens (including phenoxy) is 1. The van der Waals surface area contributed by atoms with Gasteiger partial charge in [0, 0.05) is 12.7 Å². The lowest BCUT2D eigenvalue weighted by Crippen LogP contribution is -2.49. The number of hydrogen-bond donors (Lipinski definition) is 0. The second kappa shape index (κ2) is 5.05. The first-order valence-electron chi connectivity index (χ1n) is 6.11.